The molecule has 0 heterocycles. The summed E-state index contributed by atoms with van der Waals surface area (Å²) >= 11 is 0. The van der Waals surface area contributed by atoms with Crippen LogP contribution in [0.15, 0.2) is 12.1 Å². The summed E-state index contributed by atoms with van der Waals surface area (Å²) in [6.45, 7) is 0. The van der Waals surface area contributed by atoms with E-state index in [0.29, 0.717) is 28.7 Å². The van der Waals surface area contributed by atoms with Crippen LogP contribution in [-0.2, 0) is 4.74 Å². The van der Waals surface area contributed by atoms with Crippen molar-refractivity contribution < 1.29 is 23.7 Å². The van der Waals surface area contributed by atoms with E-state index >= 15 is 0 Å². The van der Waals surface area contributed by atoms with Gasteiger partial charge in [-0.2, -0.15) is 0 Å². The summed E-state index contributed by atoms with van der Waals surface area (Å²) in [5.74, 6) is 2.35. The highest BCUT2D eigenvalue weighted by molar-refractivity contribution is 5.91. The van der Waals surface area contributed by atoms with Gasteiger partial charge in [-0.25, -0.2) is 4.79 Å². The zero-order valence-electron chi connectivity index (χ0n) is 13.3. The largest absolute Gasteiger partial charge is 0.493 e. The Morgan fingerprint density at radius 1 is 1.00 bits per heavy atom. The van der Waals surface area contributed by atoms with Crippen molar-refractivity contribution in [3.63, 3.8) is 0 Å². The maximum Gasteiger partial charge on any atom is 0.338 e. The first-order valence-corrected chi connectivity index (χ1v) is 7.67. The first-order valence-electron chi connectivity index (χ1n) is 7.67. The van der Waals surface area contributed by atoms with Crippen LogP contribution in [-0.4, -0.2) is 33.4 Å². The van der Waals surface area contributed by atoms with Crippen LogP contribution in [0.25, 0.3) is 0 Å². The van der Waals surface area contributed by atoms with Gasteiger partial charge < -0.3 is 18.9 Å². The zero-order valence-corrected chi connectivity index (χ0v) is 13.3. The smallest absolute Gasteiger partial charge is 0.338 e. The van der Waals surface area contributed by atoms with Gasteiger partial charge in [0.2, 0.25) is 5.75 Å². The van der Waals surface area contributed by atoms with Gasteiger partial charge >= 0.3 is 5.97 Å². The number of ether oxygens (including phenoxy) is 4. The molecule has 0 saturated heterocycles. The molecule has 3 atom stereocenters. The van der Waals surface area contributed by atoms with Crippen LogP contribution < -0.4 is 14.2 Å². The Hall–Kier alpha value is -1.91. The molecule has 3 unspecified atom stereocenters. The van der Waals surface area contributed by atoms with Crippen molar-refractivity contribution in [1.29, 1.82) is 0 Å². The lowest BCUT2D eigenvalue weighted by molar-refractivity contribution is 0.0158. The van der Waals surface area contributed by atoms with Gasteiger partial charge in [-0.1, -0.05) is 0 Å². The van der Waals surface area contributed by atoms with Crippen LogP contribution in [0, 0.1) is 11.8 Å². The monoisotopic (exact) mass is 306 g/mol. The highest BCUT2D eigenvalue weighted by Crippen LogP contribution is 2.46. The van der Waals surface area contributed by atoms with E-state index in [0.717, 1.165) is 12.3 Å². The molecule has 5 nitrogen and oxygen atoms in total. The van der Waals surface area contributed by atoms with Crippen molar-refractivity contribution in [3.05, 3.63) is 17.7 Å². The molecular formula is C17H22O5. The van der Waals surface area contributed by atoms with E-state index in [1.54, 1.807) is 12.1 Å². The highest BCUT2D eigenvalue weighted by Gasteiger charge is 2.41. The van der Waals surface area contributed by atoms with E-state index < -0.39 is 0 Å². The van der Waals surface area contributed by atoms with Crippen molar-refractivity contribution in [2.45, 2.75) is 31.8 Å². The van der Waals surface area contributed by atoms with Crippen molar-refractivity contribution in [2.75, 3.05) is 21.3 Å². The van der Waals surface area contributed by atoms with Crippen LogP contribution in [0.3, 0.4) is 0 Å². The normalized spacial score (nSPS) is 25.9. The lowest BCUT2D eigenvalue weighted by atomic mass is 9.98. The van der Waals surface area contributed by atoms with Crippen molar-refractivity contribution in [2.24, 2.45) is 11.8 Å². The quantitative estimate of drug-likeness (QED) is 0.783. The maximum atomic E-state index is 12.4. The molecule has 3 rings (SSSR count). The zero-order chi connectivity index (χ0) is 15.7. The number of carbonyl (C=O) groups is 1. The summed E-state index contributed by atoms with van der Waals surface area (Å²) in [6.07, 6.45) is 4.72. The number of carbonyl (C=O) groups excluding carboxylic acids is 1. The van der Waals surface area contributed by atoms with Crippen LogP contribution in [0.4, 0.5) is 0 Å². The van der Waals surface area contributed by atoms with Crippen molar-refractivity contribution >= 4 is 5.97 Å². The standard InChI is InChI=1S/C17H22O5/c1-19-14-8-12(9-15(20-2)16(14)21-3)17(18)22-13-7-10-4-5-11(13)6-10/h8-11,13H,4-7H2,1-3H3. The average molecular weight is 306 g/mol. The molecule has 0 aromatic heterocycles. The summed E-state index contributed by atoms with van der Waals surface area (Å²) in [6, 6.07) is 3.27. The second-order valence-corrected chi connectivity index (χ2v) is 6.03. The SMILES string of the molecule is COc1cc(C(=O)OC2CC3CCC2C3)cc(OC)c1OC. The molecule has 2 saturated carbocycles. The fourth-order valence-corrected chi connectivity index (χ4v) is 3.74. The molecule has 0 aliphatic heterocycles. The molecule has 1 aromatic carbocycles. The molecule has 2 fully saturated rings. The topological polar surface area (TPSA) is 54.0 Å². The number of hydrogen-bond donors (Lipinski definition) is 0. The Balaban J connectivity index is 1.80. The van der Waals surface area contributed by atoms with Gasteiger partial charge in [0.05, 0.1) is 26.9 Å². The molecule has 1 aromatic rings. The van der Waals surface area contributed by atoms with Gasteiger partial charge in [0.15, 0.2) is 11.5 Å². The Bertz CT molecular complexity index is 543. The number of fused-ring (bicyclic) bond motifs is 2. The third-order valence-corrected chi connectivity index (χ3v) is 4.83. The fraction of sp³-hybridized carbons (Fsp3) is 0.588. The van der Waals surface area contributed by atoms with Gasteiger partial charge in [0.25, 0.3) is 0 Å². The molecule has 2 aliphatic carbocycles. The molecule has 2 aliphatic rings. The predicted octanol–water partition coefficient (Wildman–Crippen LogP) is 3.06. The number of hydrogen-bond acceptors (Lipinski definition) is 5. The Morgan fingerprint density at radius 2 is 1.68 bits per heavy atom. The number of esters is 1. The van der Waals surface area contributed by atoms with Crippen LogP contribution in [0.2, 0.25) is 0 Å². The Labute approximate surface area is 130 Å². The van der Waals surface area contributed by atoms with Gasteiger partial charge in [-0.15, -0.1) is 0 Å². The van der Waals surface area contributed by atoms with Gasteiger partial charge in [-0.3, -0.25) is 0 Å². The van der Waals surface area contributed by atoms with E-state index in [1.807, 2.05) is 0 Å². The van der Waals surface area contributed by atoms with Gasteiger partial charge in [0.1, 0.15) is 6.10 Å². The molecule has 0 spiro atoms. The summed E-state index contributed by atoms with van der Waals surface area (Å²) in [5.41, 5.74) is 0.428. The number of rotatable bonds is 5. The minimum Gasteiger partial charge on any atom is -0.493 e. The molecule has 2 bridgehead atoms. The Morgan fingerprint density at radius 3 is 2.14 bits per heavy atom. The second-order valence-electron chi connectivity index (χ2n) is 6.03. The minimum atomic E-state index is -0.322. The van der Waals surface area contributed by atoms with Crippen molar-refractivity contribution in [1.82, 2.24) is 0 Å². The summed E-state index contributed by atoms with van der Waals surface area (Å²) in [5, 5.41) is 0. The number of benzene rings is 1. The molecule has 5 heteroatoms. The van der Waals surface area contributed by atoms with Crippen molar-refractivity contribution in [3.8, 4) is 17.2 Å². The lowest BCUT2D eigenvalue weighted by Gasteiger charge is -2.22. The van der Waals surface area contributed by atoms with Crippen LogP contribution >= 0.6 is 0 Å². The Kier molecular flexibility index (Phi) is 4.14. The molecule has 0 N–H and O–H groups in total. The molecule has 22 heavy (non-hydrogen) atoms. The van der Waals surface area contributed by atoms with E-state index in [-0.39, 0.29) is 12.1 Å². The number of methoxy groups -OCH3 is 3. The van der Waals surface area contributed by atoms with Gasteiger partial charge in [-0.05, 0) is 49.7 Å². The van der Waals surface area contributed by atoms with E-state index in [2.05, 4.69) is 0 Å². The summed E-state index contributed by atoms with van der Waals surface area (Å²) in [7, 11) is 4.60. The third kappa shape index (κ3) is 2.60. The van der Waals surface area contributed by atoms with E-state index in [4.69, 9.17) is 18.9 Å². The van der Waals surface area contributed by atoms with Crippen LogP contribution in [0.5, 0.6) is 17.2 Å². The summed E-state index contributed by atoms with van der Waals surface area (Å²) in [4.78, 5) is 12.4. The minimum absolute atomic E-state index is 0.0605. The van der Waals surface area contributed by atoms with E-state index in [9.17, 15) is 4.79 Å². The molecule has 120 valence electrons. The lowest BCUT2D eigenvalue weighted by Crippen LogP contribution is -2.24. The molecule has 0 radical (unpaired) electrons. The molecular weight excluding hydrogens is 284 g/mol. The first kappa shape index (κ1) is 15.0. The van der Waals surface area contributed by atoms with Gasteiger partial charge in [0, 0.05) is 0 Å². The average Bonchev–Trinajstić information content (AvgIpc) is 3.15. The predicted molar refractivity (Wildman–Crippen MR) is 80.7 cm³/mol. The van der Waals surface area contributed by atoms with E-state index in [1.165, 1.54) is 40.6 Å². The first-order chi connectivity index (χ1) is 10.7. The highest BCUT2D eigenvalue weighted by atomic mass is 16.5. The molecule has 0 amide bonds. The second kappa shape index (κ2) is 6.07. The summed E-state index contributed by atoms with van der Waals surface area (Å²) < 4.78 is 21.5. The van der Waals surface area contributed by atoms with Crippen LogP contribution in [0.1, 0.15) is 36.0 Å². The third-order valence-electron chi connectivity index (χ3n) is 4.83. The fourth-order valence-electron chi connectivity index (χ4n) is 3.74. The maximum absolute atomic E-state index is 12.4.